The van der Waals surface area contributed by atoms with E-state index in [2.05, 4.69) is 57.6 Å². The maximum absolute atomic E-state index is 10.6. The lowest BCUT2D eigenvalue weighted by Gasteiger charge is -2.05. The van der Waals surface area contributed by atoms with E-state index in [4.69, 9.17) is 14.6 Å². The molecule has 3 aromatic carbocycles. The van der Waals surface area contributed by atoms with Crippen LogP contribution in [0.2, 0.25) is 0 Å². The summed E-state index contributed by atoms with van der Waals surface area (Å²) in [6.07, 6.45) is 3.83. The predicted molar refractivity (Wildman–Crippen MR) is 139 cm³/mol. The molecule has 0 amide bonds. The van der Waals surface area contributed by atoms with Crippen LogP contribution in [0.5, 0.6) is 0 Å². The molecule has 7 heteroatoms. The van der Waals surface area contributed by atoms with Gasteiger partial charge in [-0.1, -0.05) is 78.0 Å². The Morgan fingerprint density at radius 1 is 0.917 bits per heavy atom. The summed E-state index contributed by atoms with van der Waals surface area (Å²) in [6, 6.07) is 26.7. The number of rotatable bonds is 11. The van der Waals surface area contributed by atoms with E-state index in [1.165, 1.54) is 5.56 Å². The molecule has 0 atom stereocenters. The predicted octanol–water partition coefficient (Wildman–Crippen LogP) is 5.75. The Morgan fingerprint density at radius 3 is 2.50 bits per heavy atom. The zero-order valence-electron chi connectivity index (χ0n) is 19.9. The van der Waals surface area contributed by atoms with Crippen molar-refractivity contribution in [2.45, 2.75) is 32.4 Å². The first kappa shape index (κ1) is 23.5. The van der Waals surface area contributed by atoms with E-state index in [-0.39, 0.29) is 6.42 Å². The second-order valence-electron chi connectivity index (χ2n) is 8.82. The van der Waals surface area contributed by atoms with Gasteiger partial charge in [-0.05, 0) is 36.6 Å². The van der Waals surface area contributed by atoms with Gasteiger partial charge in [0.15, 0.2) is 0 Å². The first-order valence-electron chi connectivity index (χ1n) is 12.1. The average molecular weight is 481 g/mol. The fraction of sp³-hybridized carbons (Fsp3) is 0.207. The third kappa shape index (κ3) is 5.53. The molecule has 0 radical (unpaired) electrons. The molecule has 2 aromatic heterocycles. The van der Waals surface area contributed by atoms with Gasteiger partial charge in [-0.3, -0.25) is 4.79 Å². The minimum Gasteiger partial charge on any atom is -0.481 e. The average Bonchev–Trinajstić information content (AvgIpc) is 3.53. The molecule has 0 saturated carbocycles. The van der Waals surface area contributed by atoms with Crippen molar-refractivity contribution in [3.63, 3.8) is 0 Å². The topological polar surface area (TPSA) is 93.2 Å². The molecule has 7 nitrogen and oxygen atoms in total. The lowest BCUT2D eigenvalue weighted by Crippen LogP contribution is -2.14. The van der Waals surface area contributed by atoms with Gasteiger partial charge in [-0.15, -0.1) is 0 Å². The van der Waals surface area contributed by atoms with Crippen LogP contribution in [0.4, 0.5) is 0 Å². The Kier molecular flexibility index (Phi) is 7.19. The zero-order chi connectivity index (χ0) is 24.7. The van der Waals surface area contributed by atoms with Crippen LogP contribution in [0.1, 0.15) is 30.4 Å². The summed E-state index contributed by atoms with van der Waals surface area (Å²) in [5.41, 5.74) is 5.30. The van der Waals surface area contributed by atoms with E-state index in [1.54, 1.807) is 0 Å². The van der Waals surface area contributed by atoms with Crippen molar-refractivity contribution in [2.24, 2.45) is 0 Å². The van der Waals surface area contributed by atoms with Gasteiger partial charge in [0.2, 0.25) is 5.82 Å². The highest BCUT2D eigenvalue weighted by molar-refractivity contribution is 5.94. The number of carboxylic acids is 1. The number of hydrogen-bond donors (Lipinski definition) is 2. The molecule has 0 bridgehead atoms. The monoisotopic (exact) mass is 480 g/mol. The molecule has 0 spiro atoms. The van der Waals surface area contributed by atoms with Gasteiger partial charge in [0.1, 0.15) is 0 Å². The second kappa shape index (κ2) is 11.0. The van der Waals surface area contributed by atoms with Gasteiger partial charge in [0.25, 0.3) is 5.89 Å². The summed E-state index contributed by atoms with van der Waals surface area (Å²) < 4.78 is 7.91. The smallest absolute Gasteiger partial charge is 0.303 e. The summed E-state index contributed by atoms with van der Waals surface area (Å²) in [5, 5.41) is 17.4. The number of nitrogens with one attached hydrogen (secondary N) is 1. The van der Waals surface area contributed by atoms with Crippen LogP contribution in [-0.2, 0) is 17.9 Å². The molecule has 2 heterocycles. The molecule has 0 aliphatic carbocycles. The molecule has 2 N–H and O–H groups in total. The number of hydrogen-bond acceptors (Lipinski definition) is 5. The number of carboxylic acid groups (broad SMARTS) is 1. The van der Waals surface area contributed by atoms with E-state index in [0.717, 1.165) is 53.6 Å². The van der Waals surface area contributed by atoms with Crippen molar-refractivity contribution in [2.75, 3.05) is 6.54 Å². The normalized spacial score (nSPS) is 11.2. The standard InChI is InChI=1S/C29H28N4O3/c34-27(35)12-6-7-17-30-18-21-13-15-23(16-14-21)28-31-29(36-32-28)25-20-33(19-22-8-2-1-3-9-22)26-11-5-4-10-24(25)26/h1-5,8-11,13-16,20,30H,6-7,12,17-19H2,(H,34,35). The fourth-order valence-corrected chi connectivity index (χ4v) is 4.31. The van der Waals surface area contributed by atoms with Crippen LogP contribution in [-0.4, -0.2) is 32.3 Å². The van der Waals surface area contributed by atoms with Crippen molar-refractivity contribution >= 4 is 16.9 Å². The Bertz CT molecular complexity index is 1440. The quantitative estimate of drug-likeness (QED) is 0.234. The van der Waals surface area contributed by atoms with Crippen LogP contribution in [0, 0.1) is 0 Å². The number of fused-ring (bicyclic) bond motifs is 1. The van der Waals surface area contributed by atoms with Gasteiger partial charge in [0, 0.05) is 42.2 Å². The minimum absolute atomic E-state index is 0.219. The summed E-state index contributed by atoms with van der Waals surface area (Å²) in [7, 11) is 0. The minimum atomic E-state index is -0.742. The third-order valence-corrected chi connectivity index (χ3v) is 6.18. The SMILES string of the molecule is O=C(O)CCCCNCc1ccc(-c2noc(-c3cn(Cc4ccccc4)c4ccccc34)n2)cc1. The second-order valence-corrected chi connectivity index (χ2v) is 8.82. The maximum Gasteiger partial charge on any atom is 0.303 e. The van der Waals surface area contributed by atoms with Crippen molar-refractivity contribution < 1.29 is 14.4 Å². The highest BCUT2D eigenvalue weighted by Crippen LogP contribution is 2.31. The number of nitrogens with zero attached hydrogens (tertiary/aromatic N) is 3. The van der Waals surface area contributed by atoms with Gasteiger partial charge in [-0.2, -0.15) is 4.98 Å². The van der Waals surface area contributed by atoms with Gasteiger partial charge < -0.3 is 19.5 Å². The molecule has 0 fully saturated rings. The molecular formula is C29H28N4O3. The van der Waals surface area contributed by atoms with Crippen LogP contribution < -0.4 is 5.32 Å². The largest absolute Gasteiger partial charge is 0.481 e. The van der Waals surface area contributed by atoms with E-state index in [1.807, 2.05) is 42.5 Å². The molecule has 0 aliphatic rings. The molecule has 36 heavy (non-hydrogen) atoms. The maximum atomic E-state index is 10.6. The fourth-order valence-electron chi connectivity index (χ4n) is 4.31. The van der Waals surface area contributed by atoms with Crippen molar-refractivity contribution in [1.82, 2.24) is 20.0 Å². The van der Waals surface area contributed by atoms with E-state index in [9.17, 15) is 4.79 Å². The van der Waals surface area contributed by atoms with Gasteiger partial charge >= 0.3 is 5.97 Å². The molecule has 0 aliphatic heterocycles. The van der Waals surface area contributed by atoms with E-state index < -0.39 is 5.97 Å². The summed E-state index contributed by atoms with van der Waals surface area (Å²) >= 11 is 0. The van der Waals surface area contributed by atoms with Crippen molar-refractivity contribution in [3.05, 3.63) is 96.2 Å². The lowest BCUT2D eigenvalue weighted by atomic mass is 10.1. The number of aliphatic carboxylic acids is 1. The van der Waals surface area contributed by atoms with Crippen LogP contribution in [0.3, 0.4) is 0 Å². The molecular weight excluding hydrogens is 452 g/mol. The number of para-hydroxylation sites is 1. The number of carbonyl (C=O) groups is 1. The highest BCUT2D eigenvalue weighted by Gasteiger charge is 2.17. The summed E-state index contributed by atoms with van der Waals surface area (Å²) in [5.74, 6) is 0.311. The van der Waals surface area contributed by atoms with Gasteiger partial charge in [-0.25, -0.2) is 0 Å². The van der Waals surface area contributed by atoms with E-state index in [0.29, 0.717) is 18.1 Å². The summed E-state index contributed by atoms with van der Waals surface area (Å²) in [4.78, 5) is 15.3. The lowest BCUT2D eigenvalue weighted by molar-refractivity contribution is -0.137. The number of aromatic nitrogens is 3. The molecule has 5 rings (SSSR count). The Balaban J connectivity index is 1.28. The molecule has 0 unspecified atom stereocenters. The van der Waals surface area contributed by atoms with Gasteiger partial charge in [0.05, 0.1) is 5.56 Å². The van der Waals surface area contributed by atoms with Crippen LogP contribution in [0.25, 0.3) is 33.7 Å². The number of unbranched alkanes of at least 4 members (excludes halogenated alkanes) is 1. The molecule has 182 valence electrons. The molecule has 5 aromatic rings. The van der Waals surface area contributed by atoms with Crippen LogP contribution in [0.15, 0.2) is 89.6 Å². The van der Waals surface area contributed by atoms with Crippen LogP contribution >= 0.6 is 0 Å². The Hall–Kier alpha value is -4.23. The first-order valence-corrected chi connectivity index (χ1v) is 12.1. The summed E-state index contributed by atoms with van der Waals surface area (Å²) in [6.45, 7) is 2.28. The van der Waals surface area contributed by atoms with Crippen molar-refractivity contribution in [3.8, 4) is 22.8 Å². The third-order valence-electron chi connectivity index (χ3n) is 6.18. The molecule has 0 saturated heterocycles. The Morgan fingerprint density at radius 2 is 1.69 bits per heavy atom. The first-order chi connectivity index (χ1) is 17.7. The Labute approximate surface area is 209 Å². The van der Waals surface area contributed by atoms with Crippen molar-refractivity contribution in [1.29, 1.82) is 0 Å². The van der Waals surface area contributed by atoms with E-state index >= 15 is 0 Å². The zero-order valence-corrected chi connectivity index (χ0v) is 19.9. The number of benzene rings is 3. The highest BCUT2D eigenvalue weighted by atomic mass is 16.5.